The average molecular weight is 295 g/mol. The van der Waals surface area contributed by atoms with Gasteiger partial charge in [0, 0.05) is 10.6 Å². The van der Waals surface area contributed by atoms with Crippen LogP contribution in [0.15, 0.2) is 64.6 Å². The zero-order chi connectivity index (χ0) is 13.7. The van der Waals surface area contributed by atoms with E-state index in [1.807, 2.05) is 0 Å². The third-order valence-corrected chi connectivity index (χ3v) is 3.56. The van der Waals surface area contributed by atoms with Gasteiger partial charge in [-0.05, 0) is 24.3 Å². The van der Waals surface area contributed by atoms with Gasteiger partial charge in [-0.1, -0.05) is 47.1 Å². The molecular formula is C13H9ClNO3S. The molecule has 2 aromatic rings. The first-order chi connectivity index (χ1) is 9.08. The zero-order valence-electron chi connectivity index (χ0n) is 9.65. The summed E-state index contributed by atoms with van der Waals surface area (Å²) in [4.78, 5) is 0.0386. The summed E-state index contributed by atoms with van der Waals surface area (Å²) in [5, 5.41) is 3.91. The lowest BCUT2D eigenvalue weighted by atomic mass is 10.2. The molecule has 0 amide bonds. The molecule has 0 aliphatic carbocycles. The second-order valence-corrected chi connectivity index (χ2v) is 5.52. The topological polar surface area (TPSA) is 55.7 Å². The summed E-state index contributed by atoms with van der Waals surface area (Å²) in [7, 11) is -3.89. The fourth-order valence-electron chi connectivity index (χ4n) is 1.28. The van der Waals surface area contributed by atoms with Crippen LogP contribution < -0.4 is 0 Å². The van der Waals surface area contributed by atoms with E-state index in [-0.39, 0.29) is 4.90 Å². The van der Waals surface area contributed by atoms with Gasteiger partial charge in [-0.3, -0.25) is 4.28 Å². The lowest BCUT2D eigenvalue weighted by molar-refractivity contribution is 0.341. The summed E-state index contributed by atoms with van der Waals surface area (Å²) in [5.74, 6) is 0. The molecule has 0 unspecified atom stereocenters. The minimum atomic E-state index is -3.89. The van der Waals surface area contributed by atoms with E-state index in [0.717, 1.165) is 0 Å². The highest BCUT2D eigenvalue weighted by Crippen LogP contribution is 2.12. The van der Waals surface area contributed by atoms with E-state index < -0.39 is 10.1 Å². The minimum Gasteiger partial charge on any atom is -0.264 e. The Balaban J connectivity index is 2.08. The second-order valence-electron chi connectivity index (χ2n) is 3.55. The highest BCUT2D eigenvalue weighted by Gasteiger charge is 2.14. The normalized spacial score (nSPS) is 11.6. The van der Waals surface area contributed by atoms with E-state index in [1.165, 1.54) is 12.1 Å². The van der Waals surface area contributed by atoms with E-state index in [9.17, 15) is 8.42 Å². The Morgan fingerprint density at radius 2 is 1.63 bits per heavy atom. The Labute approximate surface area is 116 Å². The lowest BCUT2D eigenvalue weighted by Crippen LogP contribution is -2.02. The molecule has 1 radical (unpaired) electrons. The molecule has 0 saturated heterocycles. The van der Waals surface area contributed by atoms with Crippen LogP contribution in [0, 0.1) is 0 Å². The van der Waals surface area contributed by atoms with Crippen molar-refractivity contribution < 1.29 is 12.7 Å². The van der Waals surface area contributed by atoms with Crippen molar-refractivity contribution in [3.8, 4) is 0 Å². The molecule has 6 heteroatoms. The van der Waals surface area contributed by atoms with Crippen LogP contribution in [0.3, 0.4) is 0 Å². The predicted molar refractivity (Wildman–Crippen MR) is 72.7 cm³/mol. The van der Waals surface area contributed by atoms with Crippen LogP contribution in [0.2, 0.25) is 5.02 Å². The minimum absolute atomic E-state index is 0.0386. The smallest absolute Gasteiger partial charge is 0.264 e. The van der Waals surface area contributed by atoms with Crippen molar-refractivity contribution in [2.75, 3.05) is 0 Å². The number of hydrogen-bond donors (Lipinski definition) is 0. The molecule has 0 aromatic heterocycles. The fourth-order valence-corrected chi connectivity index (χ4v) is 2.11. The molecule has 0 atom stereocenters. The van der Waals surface area contributed by atoms with Crippen molar-refractivity contribution in [1.82, 2.24) is 0 Å². The number of benzene rings is 2. The van der Waals surface area contributed by atoms with Crippen molar-refractivity contribution in [2.45, 2.75) is 4.90 Å². The van der Waals surface area contributed by atoms with Gasteiger partial charge in [0.2, 0.25) is 0 Å². The first-order valence-electron chi connectivity index (χ1n) is 5.28. The molecule has 4 nitrogen and oxygen atoms in total. The molecule has 0 aliphatic rings. The van der Waals surface area contributed by atoms with Gasteiger partial charge in [0.15, 0.2) is 0 Å². The zero-order valence-corrected chi connectivity index (χ0v) is 11.2. The molecule has 0 fully saturated rings. The van der Waals surface area contributed by atoms with Crippen LogP contribution in [0.1, 0.15) is 5.56 Å². The Morgan fingerprint density at radius 3 is 2.26 bits per heavy atom. The fraction of sp³-hybridized carbons (Fsp3) is 0. The monoisotopic (exact) mass is 294 g/mol. The first-order valence-corrected chi connectivity index (χ1v) is 7.07. The van der Waals surface area contributed by atoms with Crippen molar-refractivity contribution in [3.05, 3.63) is 65.2 Å². The van der Waals surface area contributed by atoms with Crippen LogP contribution in [0.4, 0.5) is 0 Å². The van der Waals surface area contributed by atoms with Crippen molar-refractivity contribution in [1.29, 1.82) is 0 Å². The summed E-state index contributed by atoms with van der Waals surface area (Å²) in [6.07, 6.45) is 2.46. The standard InChI is InChI=1S/C13H9ClNO3S/c14-12-8-6-11(7-9-12)10-15-18-19(16,17)13-4-2-1-3-5-13/h1-9H. The predicted octanol–water partition coefficient (Wildman–Crippen LogP) is 2.96. The number of nitrogens with zero attached hydrogens (tertiary/aromatic N) is 1. The molecule has 0 saturated carbocycles. The first kappa shape index (κ1) is 13.6. The maximum Gasteiger partial charge on any atom is 0.358 e. The summed E-state index contributed by atoms with van der Waals surface area (Å²) >= 11 is 5.71. The highest BCUT2D eigenvalue weighted by molar-refractivity contribution is 7.86. The average Bonchev–Trinajstić information content (AvgIpc) is 2.42. The van der Waals surface area contributed by atoms with Crippen molar-refractivity contribution >= 4 is 27.9 Å². The molecule has 0 N–H and O–H groups in total. The Hall–Kier alpha value is -1.85. The van der Waals surface area contributed by atoms with Crippen LogP contribution >= 0.6 is 11.6 Å². The van der Waals surface area contributed by atoms with Gasteiger partial charge >= 0.3 is 10.1 Å². The second kappa shape index (κ2) is 5.86. The van der Waals surface area contributed by atoms with E-state index >= 15 is 0 Å². The van der Waals surface area contributed by atoms with E-state index in [2.05, 4.69) is 15.7 Å². The molecular weight excluding hydrogens is 286 g/mol. The van der Waals surface area contributed by atoms with Gasteiger partial charge in [-0.25, -0.2) is 0 Å². The molecule has 97 valence electrons. The molecule has 0 bridgehead atoms. The maximum absolute atomic E-state index is 11.7. The van der Waals surface area contributed by atoms with Gasteiger partial charge in [0.1, 0.15) is 11.1 Å². The van der Waals surface area contributed by atoms with Crippen LogP contribution in [-0.2, 0) is 14.4 Å². The Morgan fingerprint density at radius 1 is 1.00 bits per heavy atom. The highest BCUT2D eigenvalue weighted by atomic mass is 35.5. The quantitative estimate of drug-likeness (QED) is 0.643. The number of hydrogen-bond acceptors (Lipinski definition) is 4. The lowest BCUT2D eigenvalue weighted by Gasteiger charge is -1.99. The summed E-state index contributed by atoms with van der Waals surface area (Å²) < 4.78 is 27.9. The molecule has 2 rings (SSSR count). The number of halogens is 1. The van der Waals surface area contributed by atoms with E-state index in [1.54, 1.807) is 42.5 Å². The largest absolute Gasteiger partial charge is 0.358 e. The molecule has 19 heavy (non-hydrogen) atoms. The summed E-state index contributed by atoms with van der Waals surface area (Å²) in [5.41, 5.74) is 0.563. The molecule has 2 aromatic carbocycles. The third-order valence-electron chi connectivity index (χ3n) is 2.19. The van der Waals surface area contributed by atoms with E-state index in [4.69, 9.17) is 11.6 Å². The number of rotatable bonds is 4. The Bertz CT molecular complexity index is 667. The van der Waals surface area contributed by atoms with Crippen LogP contribution in [0.25, 0.3) is 0 Å². The maximum atomic E-state index is 11.7. The van der Waals surface area contributed by atoms with Crippen LogP contribution in [-0.4, -0.2) is 14.6 Å². The molecule has 0 spiro atoms. The van der Waals surface area contributed by atoms with Crippen molar-refractivity contribution in [3.63, 3.8) is 0 Å². The summed E-state index contributed by atoms with van der Waals surface area (Å²) in [6, 6.07) is 14.3. The van der Waals surface area contributed by atoms with Gasteiger partial charge < -0.3 is 0 Å². The van der Waals surface area contributed by atoms with Crippen molar-refractivity contribution in [2.24, 2.45) is 5.16 Å². The van der Waals surface area contributed by atoms with Crippen LogP contribution in [0.5, 0.6) is 0 Å². The van der Waals surface area contributed by atoms with Gasteiger partial charge in [0.25, 0.3) is 0 Å². The Kier molecular flexibility index (Phi) is 4.19. The van der Waals surface area contributed by atoms with Gasteiger partial charge in [-0.15, -0.1) is 0 Å². The third kappa shape index (κ3) is 3.81. The summed E-state index contributed by atoms with van der Waals surface area (Å²) in [6.45, 7) is 0. The van der Waals surface area contributed by atoms with Gasteiger partial charge in [0.05, 0.1) is 0 Å². The van der Waals surface area contributed by atoms with E-state index in [0.29, 0.717) is 10.6 Å². The van der Waals surface area contributed by atoms with Gasteiger partial charge in [-0.2, -0.15) is 8.42 Å². The molecule has 0 aliphatic heterocycles. The SMILES string of the molecule is O=S(=O)(O/N=[C]/c1ccc(Cl)cc1)c1ccccc1. The molecule has 0 heterocycles.